The smallest absolute Gasteiger partial charge is 0.314 e. The zero-order valence-electron chi connectivity index (χ0n) is 10.3. The second kappa shape index (κ2) is 5.75. The number of carbonyl (C=O) groups is 1. The van der Waals surface area contributed by atoms with Crippen LogP contribution in [-0.4, -0.2) is 48.5 Å². The lowest BCUT2D eigenvalue weighted by molar-refractivity contribution is 0.0234. The number of rotatable bonds is 3. The second-order valence-electron chi connectivity index (χ2n) is 4.28. The van der Waals surface area contributed by atoms with E-state index < -0.39 is 0 Å². The third kappa shape index (κ3) is 2.75. The van der Waals surface area contributed by atoms with Gasteiger partial charge in [0.25, 0.3) is 5.91 Å². The van der Waals surface area contributed by atoms with E-state index in [-0.39, 0.29) is 5.91 Å². The van der Waals surface area contributed by atoms with Crippen LogP contribution in [0.2, 0.25) is 0 Å². The SMILES string of the molecule is Cc1ccc(C(=O)N([C]=O)N2CCNCC2)cc1. The van der Waals surface area contributed by atoms with Crippen molar-refractivity contribution in [1.82, 2.24) is 15.3 Å². The van der Waals surface area contributed by atoms with Gasteiger partial charge < -0.3 is 5.32 Å². The van der Waals surface area contributed by atoms with Crippen molar-refractivity contribution >= 4 is 12.3 Å². The number of benzene rings is 1. The number of amides is 2. The molecule has 0 atom stereocenters. The second-order valence-corrected chi connectivity index (χ2v) is 4.28. The van der Waals surface area contributed by atoms with Gasteiger partial charge in [-0.3, -0.25) is 9.59 Å². The monoisotopic (exact) mass is 246 g/mol. The molecule has 1 heterocycles. The Balaban J connectivity index is 2.13. The van der Waals surface area contributed by atoms with Crippen LogP contribution in [0.1, 0.15) is 15.9 Å². The fourth-order valence-electron chi connectivity index (χ4n) is 1.90. The minimum atomic E-state index is -0.327. The first kappa shape index (κ1) is 12.7. The fourth-order valence-corrected chi connectivity index (χ4v) is 1.90. The summed E-state index contributed by atoms with van der Waals surface area (Å²) >= 11 is 0. The van der Waals surface area contributed by atoms with Gasteiger partial charge in [0.05, 0.1) is 0 Å². The molecule has 0 unspecified atom stereocenters. The van der Waals surface area contributed by atoms with Gasteiger partial charge in [-0.1, -0.05) is 17.7 Å². The molecule has 1 aliphatic heterocycles. The number of aryl methyl sites for hydroxylation is 1. The lowest BCUT2D eigenvalue weighted by Gasteiger charge is -2.32. The Morgan fingerprint density at radius 3 is 2.44 bits per heavy atom. The third-order valence-corrected chi connectivity index (χ3v) is 2.95. The number of hydrazine groups is 1. The van der Waals surface area contributed by atoms with E-state index in [2.05, 4.69) is 5.32 Å². The highest BCUT2D eigenvalue weighted by Gasteiger charge is 2.24. The first-order valence-corrected chi connectivity index (χ1v) is 5.97. The van der Waals surface area contributed by atoms with E-state index in [9.17, 15) is 9.59 Å². The molecule has 18 heavy (non-hydrogen) atoms. The van der Waals surface area contributed by atoms with Gasteiger partial charge >= 0.3 is 6.41 Å². The molecule has 1 N–H and O–H groups in total. The molecule has 2 rings (SSSR count). The van der Waals surface area contributed by atoms with Crippen LogP contribution in [0.15, 0.2) is 24.3 Å². The van der Waals surface area contributed by atoms with Crippen molar-refractivity contribution in [3.63, 3.8) is 0 Å². The topological polar surface area (TPSA) is 52.7 Å². The summed E-state index contributed by atoms with van der Waals surface area (Å²) in [6.45, 7) is 4.74. The fraction of sp³-hybridized carbons (Fsp3) is 0.385. The summed E-state index contributed by atoms with van der Waals surface area (Å²) < 4.78 is 0. The Labute approximate surface area is 106 Å². The van der Waals surface area contributed by atoms with Gasteiger partial charge in [-0.05, 0) is 19.1 Å². The standard InChI is InChI=1S/C13H16N3O2/c1-11-2-4-12(5-3-11)13(18)16(10-17)15-8-6-14-7-9-15/h2-5,14H,6-9H2,1H3. The summed E-state index contributed by atoms with van der Waals surface area (Å²) in [6.07, 6.45) is 1.72. The molecule has 0 spiro atoms. The summed E-state index contributed by atoms with van der Waals surface area (Å²) in [7, 11) is 0. The van der Waals surface area contributed by atoms with Crippen molar-refractivity contribution < 1.29 is 9.59 Å². The van der Waals surface area contributed by atoms with Gasteiger partial charge in [0, 0.05) is 31.7 Å². The van der Waals surface area contributed by atoms with Crippen LogP contribution in [0.5, 0.6) is 0 Å². The summed E-state index contributed by atoms with van der Waals surface area (Å²) in [5.74, 6) is -0.327. The van der Waals surface area contributed by atoms with E-state index in [0.29, 0.717) is 18.7 Å². The quantitative estimate of drug-likeness (QED) is 0.781. The lowest BCUT2D eigenvalue weighted by atomic mass is 10.1. The largest absolute Gasteiger partial charge is 0.335 e. The van der Waals surface area contributed by atoms with Crippen molar-refractivity contribution in [3.05, 3.63) is 35.4 Å². The zero-order valence-corrected chi connectivity index (χ0v) is 10.3. The number of imide groups is 1. The highest BCUT2D eigenvalue weighted by molar-refractivity contribution is 5.99. The summed E-state index contributed by atoms with van der Waals surface area (Å²) in [5.41, 5.74) is 1.58. The van der Waals surface area contributed by atoms with Gasteiger partial charge in [0.1, 0.15) is 0 Å². The molecule has 0 aromatic heterocycles. The average Bonchev–Trinajstić information content (AvgIpc) is 2.41. The Morgan fingerprint density at radius 1 is 1.28 bits per heavy atom. The van der Waals surface area contributed by atoms with Crippen molar-refractivity contribution in [3.8, 4) is 0 Å². The number of nitrogens with one attached hydrogen (secondary N) is 1. The van der Waals surface area contributed by atoms with E-state index in [1.165, 1.54) is 0 Å². The maximum Gasteiger partial charge on any atom is 0.335 e. The maximum atomic E-state index is 12.2. The molecule has 1 radical (unpaired) electrons. The molecule has 1 aromatic carbocycles. The van der Waals surface area contributed by atoms with Crippen LogP contribution in [0.3, 0.4) is 0 Å². The molecular weight excluding hydrogens is 230 g/mol. The summed E-state index contributed by atoms with van der Waals surface area (Å²) in [5, 5.41) is 5.93. The van der Waals surface area contributed by atoms with Gasteiger partial charge in [-0.25, -0.2) is 5.01 Å². The normalized spacial score (nSPS) is 16.3. The number of carbonyl (C=O) groups excluding carboxylic acids is 2. The molecule has 0 saturated carbocycles. The molecule has 2 amide bonds. The molecule has 1 aromatic rings. The first-order chi connectivity index (χ1) is 8.72. The van der Waals surface area contributed by atoms with Gasteiger partial charge in [-0.2, -0.15) is 5.01 Å². The van der Waals surface area contributed by atoms with Crippen molar-refractivity contribution in [2.75, 3.05) is 26.2 Å². The predicted octanol–water partition coefficient (Wildman–Crippen LogP) is 0.325. The highest BCUT2D eigenvalue weighted by Crippen LogP contribution is 2.09. The van der Waals surface area contributed by atoms with Crippen LogP contribution < -0.4 is 5.32 Å². The summed E-state index contributed by atoms with van der Waals surface area (Å²) in [4.78, 5) is 23.2. The van der Waals surface area contributed by atoms with Crippen LogP contribution in [0.25, 0.3) is 0 Å². The average molecular weight is 246 g/mol. The van der Waals surface area contributed by atoms with E-state index in [4.69, 9.17) is 0 Å². The Kier molecular flexibility index (Phi) is 4.07. The van der Waals surface area contributed by atoms with Crippen LogP contribution in [-0.2, 0) is 4.79 Å². The molecule has 1 aliphatic rings. The Hall–Kier alpha value is -1.72. The number of nitrogens with zero attached hydrogens (tertiary/aromatic N) is 2. The van der Waals surface area contributed by atoms with E-state index in [0.717, 1.165) is 23.7 Å². The molecule has 95 valence electrons. The van der Waals surface area contributed by atoms with Crippen LogP contribution in [0.4, 0.5) is 0 Å². The number of hydrogen-bond acceptors (Lipinski definition) is 4. The summed E-state index contributed by atoms with van der Waals surface area (Å²) in [6, 6.07) is 7.16. The number of piperazine rings is 1. The first-order valence-electron chi connectivity index (χ1n) is 5.97. The predicted molar refractivity (Wildman–Crippen MR) is 67.5 cm³/mol. The molecule has 0 bridgehead atoms. The van der Waals surface area contributed by atoms with Crippen molar-refractivity contribution in [2.24, 2.45) is 0 Å². The van der Waals surface area contributed by atoms with E-state index >= 15 is 0 Å². The minimum Gasteiger partial charge on any atom is -0.314 e. The molecule has 1 fully saturated rings. The van der Waals surface area contributed by atoms with Crippen molar-refractivity contribution in [1.29, 1.82) is 0 Å². The Morgan fingerprint density at radius 2 is 1.89 bits per heavy atom. The maximum absolute atomic E-state index is 12.2. The Bertz CT molecular complexity index is 424. The molecular formula is C13H16N3O2. The highest BCUT2D eigenvalue weighted by atomic mass is 16.2. The molecule has 1 saturated heterocycles. The molecule has 5 nitrogen and oxygen atoms in total. The van der Waals surface area contributed by atoms with E-state index in [1.54, 1.807) is 23.6 Å². The van der Waals surface area contributed by atoms with E-state index in [1.807, 2.05) is 19.1 Å². The molecule has 0 aliphatic carbocycles. The van der Waals surface area contributed by atoms with Crippen LogP contribution >= 0.6 is 0 Å². The van der Waals surface area contributed by atoms with Gasteiger partial charge in [0.15, 0.2) is 0 Å². The third-order valence-electron chi connectivity index (χ3n) is 2.95. The molecule has 5 heteroatoms. The van der Waals surface area contributed by atoms with Gasteiger partial charge in [-0.15, -0.1) is 0 Å². The van der Waals surface area contributed by atoms with Gasteiger partial charge in [0.2, 0.25) is 0 Å². The van der Waals surface area contributed by atoms with Crippen molar-refractivity contribution in [2.45, 2.75) is 6.92 Å². The minimum absolute atomic E-state index is 0.327. The number of hydrogen-bond donors (Lipinski definition) is 1. The van der Waals surface area contributed by atoms with Crippen LogP contribution in [0, 0.1) is 6.92 Å². The lowest BCUT2D eigenvalue weighted by Crippen LogP contribution is -2.54. The zero-order chi connectivity index (χ0) is 13.0.